The van der Waals surface area contributed by atoms with Gasteiger partial charge in [-0.25, -0.2) is 8.42 Å². The van der Waals surface area contributed by atoms with Crippen LogP contribution in [0.2, 0.25) is 5.02 Å². The lowest BCUT2D eigenvalue weighted by Crippen LogP contribution is -2.30. The van der Waals surface area contributed by atoms with Crippen molar-refractivity contribution in [3.05, 3.63) is 88.9 Å². The van der Waals surface area contributed by atoms with Crippen molar-refractivity contribution in [1.29, 1.82) is 0 Å². The second-order valence-electron chi connectivity index (χ2n) is 7.13. The molecule has 0 saturated heterocycles. The van der Waals surface area contributed by atoms with E-state index in [1.54, 1.807) is 61.5 Å². The smallest absolute Gasteiger partial charge is 0.264 e. The minimum Gasteiger partial charge on any atom is -0.484 e. The van der Waals surface area contributed by atoms with E-state index >= 15 is 0 Å². The van der Waals surface area contributed by atoms with Gasteiger partial charge < -0.3 is 10.1 Å². The zero-order chi connectivity index (χ0) is 23.1. The number of aryl methyl sites for hydroxylation is 1. The van der Waals surface area contributed by atoms with E-state index in [0.29, 0.717) is 23.0 Å². The Bertz CT molecular complexity index is 1160. The maximum absolute atomic E-state index is 13.0. The molecule has 0 atom stereocenters. The number of carbonyl (C=O) groups is 1. The highest BCUT2D eigenvalue weighted by molar-refractivity contribution is 7.92. The van der Waals surface area contributed by atoms with Crippen molar-refractivity contribution >= 4 is 33.2 Å². The lowest BCUT2D eigenvalue weighted by molar-refractivity contribution is -0.123. The van der Waals surface area contributed by atoms with E-state index < -0.39 is 10.0 Å². The molecule has 0 aromatic heterocycles. The molecular formula is C24H25ClN2O4S. The van der Waals surface area contributed by atoms with Crippen molar-refractivity contribution in [3.8, 4) is 5.75 Å². The van der Waals surface area contributed by atoms with Crippen LogP contribution in [0.1, 0.15) is 18.1 Å². The molecule has 0 aliphatic carbocycles. The lowest BCUT2D eigenvalue weighted by Gasteiger charge is -2.23. The van der Waals surface area contributed by atoms with Crippen LogP contribution in [-0.4, -0.2) is 27.5 Å². The topological polar surface area (TPSA) is 75.7 Å². The Morgan fingerprint density at radius 1 is 1.00 bits per heavy atom. The molecule has 0 heterocycles. The second kappa shape index (κ2) is 10.5. The molecule has 3 rings (SSSR count). The Hall–Kier alpha value is -3.03. The number of amides is 1. The summed E-state index contributed by atoms with van der Waals surface area (Å²) >= 11 is 6.08. The molecule has 168 valence electrons. The molecule has 0 radical (unpaired) electrons. The molecule has 32 heavy (non-hydrogen) atoms. The molecule has 1 amide bonds. The van der Waals surface area contributed by atoms with Gasteiger partial charge in [-0.2, -0.15) is 0 Å². The average molecular weight is 473 g/mol. The van der Waals surface area contributed by atoms with Gasteiger partial charge in [-0.3, -0.25) is 9.10 Å². The summed E-state index contributed by atoms with van der Waals surface area (Å²) in [6.45, 7) is 4.11. The van der Waals surface area contributed by atoms with Crippen LogP contribution in [0.5, 0.6) is 5.75 Å². The number of nitrogens with zero attached hydrogens (tertiary/aromatic N) is 1. The summed E-state index contributed by atoms with van der Waals surface area (Å²) in [6.07, 6.45) is 0. The first-order valence-corrected chi connectivity index (χ1v) is 12.0. The average Bonchev–Trinajstić information content (AvgIpc) is 2.78. The summed E-state index contributed by atoms with van der Waals surface area (Å²) in [7, 11) is -3.68. The van der Waals surface area contributed by atoms with Gasteiger partial charge in [-0.1, -0.05) is 47.5 Å². The van der Waals surface area contributed by atoms with Gasteiger partial charge in [0.25, 0.3) is 15.9 Å². The third-order valence-electron chi connectivity index (χ3n) is 4.82. The maximum Gasteiger partial charge on any atom is 0.264 e. The Labute approximate surface area is 193 Å². The van der Waals surface area contributed by atoms with Gasteiger partial charge in [0.15, 0.2) is 6.61 Å². The van der Waals surface area contributed by atoms with Crippen molar-refractivity contribution in [3.63, 3.8) is 0 Å². The molecule has 1 N–H and O–H groups in total. The number of nitrogens with one attached hydrogen (secondary N) is 1. The number of hydrogen-bond acceptors (Lipinski definition) is 4. The fourth-order valence-corrected chi connectivity index (χ4v) is 4.75. The number of ether oxygens (including phenoxy) is 1. The first kappa shape index (κ1) is 23.6. The SMILES string of the molecule is CCN(c1ccc(OCC(=O)NCc2ccccc2Cl)cc1)S(=O)(=O)c1ccc(C)cc1. The molecule has 0 spiro atoms. The van der Waals surface area contributed by atoms with Crippen molar-refractivity contribution in [2.24, 2.45) is 0 Å². The van der Waals surface area contributed by atoms with E-state index in [9.17, 15) is 13.2 Å². The molecule has 3 aromatic rings. The predicted octanol–water partition coefficient (Wildman–Crippen LogP) is 4.56. The van der Waals surface area contributed by atoms with E-state index in [4.69, 9.17) is 16.3 Å². The summed E-state index contributed by atoms with van der Waals surface area (Å²) in [5.41, 5.74) is 2.33. The highest BCUT2D eigenvalue weighted by atomic mass is 35.5. The Morgan fingerprint density at radius 2 is 1.66 bits per heavy atom. The van der Waals surface area contributed by atoms with E-state index in [0.717, 1.165) is 11.1 Å². The molecule has 0 fully saturated rings. The minimum atomic E-state index is -3.68. The van der Waals surface area contributed by atoms with Gasteiger partial charge in [0.2, 0.25) is 0 Å². The third-order valence-corrected chi connectivity index (χ3v) is 7.11. The molecule has 0 saturated carbocycles. The number of sulfonamides is 1. The van der Waals surface area contributed by atoms with Crippen molar-refractivity contribution < 1.29 is 17.9 Å². The van der Waals surface area contributed by atoms with Crippen molar-refractivity contribution in [2.75, 3.05) is 17.5 Å². The maximum atomic E-state index is 13.0. The zero-order valence-corrected chi connectivity index (χ0v) is 19.5. The number of hydrogen-bond donors (Lipinski definition) is 1. The first-order chi connectivity index (χ1) is 15.3. The van der Waals surface area contributed by atoms with E-state index in [1.165, 1.54) is 4.31 Å². The summed E-state index contributed by atoms with van der Waals surface area (Å²) in [5.74, 6) is 0.177. The summed E-state index contributed by atoms with van der Waals surface area (Å²) in [4.78, 5) is 12.3. The van der Waals surface area contributed by atoms with E-state index in [-0.39, 0.29) is 24.0 Å². The second-order valence-corrected chi connectivity index (χ2v) is 9.40. The highest BCUT2D eigenvalue weighted by Crippen LogP contribution is 2.26. The van der Waals surface area contributed by atoms with Gasteiger partial charge in [0.1, 0.15) is 5.75 Å². The molecule has 0 aliphatic rings. The molecular weight excluding hydrogens is 448 g/mol. The van der Waals surface area contributed by atoms with E-state index in [2.05, 4.69) is 5.32 Å². The standard InChI is InChI=1S/C24H25ClN2O4S/c1-3-27(32(29,30)22-14-8-18(2)9-15-22)20-10-12-21(13-11-20)31-17-24(28)26-16-19-6-4-5-7-23(19)25/h4-15H,3,16-17H2,1-2H3,(H,26,28). The third kappa shape index (κ3) is 5.81. The Balaban J connectivity index is 1.60. The fraction of sp³-hybridized carbons (Fsp3) is 0.208. The quantitative estimate of drug-likeness (QED) is 0.495. The number of rotatable bonds is 9. The van der Waals surface area contributed by atoms with Crippen LogP contribution in [0.3, 0.4) is 0 Å². The van der Waals surface area contributed by atoms with Gasteiger partial charge >= 0.3 is 0 Å². The fourth-order valence-electron chi connectivity index (χ4n) is 3.07. The lowest BCUT2D eigenvalue weighted by atomic mass is 10.2. The molecule has 0 bridgehead atoms. The van der Waals surface area contributed by atoms with Crippen LogP contribution in [-0.2, 0) is 21.4 Å². The van der Waals surface area contributed by atoms with Gasteiger partial charge in [0, 0.05) is 18.1 Å². The Kier molecular flexibility index (Phi) is 7.77. The Morgan fingerprint density at radius 3 is 2.28 bits per heavy atom. The molecule has 8 heteroatoms. The number of anilines is 1. The van der Waals surface area contributed by atoms with Crippen LogP contribution in [0.4, 0.5) is 5.69 Å². The minimum absolute atomic E-state index is 0.164. The van der Waals surface area contributed by atoms with Crippen molar-refractivity contribution in [1.82, 2.24) is 5.32 Å². The van der Waals surface area contributed by atoms with Gasteiger partial charge in [-0.05, 0) is 61.9 Å². The molecule has 6 nitrogen and oxygen atoms in total. The molecule has 0 unspecified atom stereocenters. The number of halogens is 1. The first-order valence-electron chi connectivity index (χ1n) is 10.1. The highest BCUT2D eigenvalue weighted by Gasteiger charge is 2.23. The predicted molar refractivity (Wildman–Crippen MR) is 127 cm³/mol. The normalized spacial score (nSPS) is 11.1. The number of benzene rings is 3. The van der Waals surface area contributed by atoms with Gasteiger partial charge in [0.05, 0.1) is 10.6 Å². The van der Waals surface area contributed by atoms with Gasteiger partial charge in [-0.15, -0.1) is 0 Å². The number of carbonyl (C=O) groups excluding carboxylic acids is 1. The summed E-state index contributed by atoms with van der Waals surface area (Å²) < 4.78 is 32.9. The zero-order valence-electron chi connectivity index (χ0n) is 17.9. The van der Waals surface area contributed by atoms with Crippen LogP contribution in [0.25, 0.3) is 0 Å². The molecule has 3 aromatic carbocycles. The summed E-state index contributed by atoms with van der Waals surface area (Å²) in [5, 5.41) is 3.34. The van der Waals surface area contributed by atoms with Crippen LogP contribution < -0.4 is 14.4 Å². The largest absolute Gasteiger partial charge is 0.484 e. The monoisotopic (exact) mass is 472 g/mol. The summed E-state index contributed by atoms with van der Waals surface area (Å²) in [6, 6.07) is 20.6. The molecule has 0 aliphatic heterocycles. The van der Waals surface area contributed by atoms with Crippen LogP contribution in [0, 0.1) is 6.92 Å². The van der Waals surface area contributed by atoms with Crippen molar-refractivity contribution in [2.45, 2.75) is 25.3 Å². The van der Waals surface area contributed by atoms with Crippen LogP contribution in [0.15, 0.2) is 77.7 Å². The van der Waals surface area contributed by atoms with Crippen LogP contribution >= 0.6 is 11.6 Å². The van der Waals surface area contributed by atoms with E-state index in [1.807, 2.05) is 25.1 Å².